The third kappa shape index (κ3) is 4.98. The standard InChI is InChI=1S/C53H34N2O/c1-4-15-37(16-5-1)52-54-48(36-29-27-35(28-30-36)41-23-14-24-45-44-22-11-13-26-50(44)56-51(41)45)34-49(55-52)38-31-32-43-42-21-10-12-25-46(42)53(47(43)33-38,39-17-6-2-7-18-39)40-19-8-3-9-20-40/h1-34H. The van der Waals surface area contributed by atoms with Gasteiger partial charge >= 0.3 is 0 Å². The van der Waals surface area contributed by atoms with Crippen molar-refractivity contribution in [3.8, 4) is 56.2 Å². The molecule has 2 aromatic heterocycles. The summed E-state index contributed by atoms with van der Waals surface area (Å²) in [4.78, 5) is 10.4. The van der Waals surface area contributed by atoms with E-state index >= 15 is 0 Å². The topological polar surface area (TPSA) is 38.9 Å². The van der Waals surface area contributed by atoms with E-state index in [-0.39, 0.29) is 0 Å². The predicted octanol–water partition coefficient (Wildman–Crippen LogP) is 13.4. The van der Waals surface area contributed by atoms with Crippen LogP contribution in [0.5, 0.6) is 0 Å². The smallest absolute Gasteiger partial charge is 0.160 e. The Morgan fingerprint density at radius 3 is 1.66 bits per heavy atom. The molecule has 3 nitrogen and oxygen atoms in total. The van der Waals surface area contributed by atoms with Crippen molar-refractivity contribution in [3.05, 3.63) is 229 Å². The highest BCUT2D eigenvalue weighted by Crippen LogP contribution is 2.56. The molecule has 8 aromatic carbocycles. The lowest BCUT2D eigenvalue weighted by molar-refractivity contribution is 0.670. The molecule has 10 aromatic rings. The minimum absolute atomic E-state index is 0.499. The molecular weight excluding hydrogens is 681 g/mol. The van der Waals surface area contributed by atoms with Crippen LogP contribution in [-0.2, 0) is 5.41 Å². The SMILES string of the molecule is c1ccc(-c2nc(-c3ccc(-c4cccc5c4oc4ccccc45)cc3)cc(-c3ccc4c(c3)C(c3ccccc3)(c3ccccc3)c3ccccc3-4)n2)cc1. The Labute approximate surface area is 325 Å². The number of furan rings is 1. The normalized spacial score (nSPS) is 12.8. The molecule has 2 heterocycles. The van der Waals surface area contributed by atoms with Crippen molar-refractivity contribution in [2.24, 2.45) is 0 Å². The highest BCUT2D eigenvalue weighted by atomic mass is 16.3. The van der Waals surface area contributed by atoms with E-state index in [0.29, 0.717) is 5.82 Å². The van der Waals surface area contributed by atoms with Gasteiger partial charge in [0.2, 0.25) is 0 Å². The third-order valence-electron chi connectivity index (χ3n) is 11.4. The van der Waals surface area contributed by atoms with Crippen LogP contribution in [0, 0.1) is 0 Å². The van der Waals surface area contributed by atoms with E-state index in [4.69, 9.17) is 14.4 Å². The molecule has 262 valence electrons. The highest BCUT2D eigenvalue weighted by Gasteiger charge is 2.46. The first-order valence-electron chi connectivity index (χ1n) is 19.1. The largest absolute Gasteiger partial charge is 0.455 e. The molecule has 1 aliphatic rings. The lowest BCUT2D eigenvalue weighted by atomic mass is 9.67. The second-order valence-corrected chi connectivity index (χ2v) is 14.5. The van der Waals surface area contributed by atoms with E-state index in [0.717, 1.165) is 61.1 Å². The quantitative estimate of drug-likeness (QED) is 0.172. The van der Waals surface area contributed by atoms with Crippen molar-refractivity contribution in [3.63, 3.8) is 0 Å². The van der Waals surface area contributed by atoms with Crippen molar-refractivity contribution >= 4 is 21.9 Å². The second kappa shape index (κ2) is 12.9. The van der Waals surface area contributed by atoms with Crippen LogP contribution in [0.4, 0.5) is 0 Å². The Hall–Kier alpha value is -7.36. The number of hydrogen-bond acceptors (Lipinski definition) is 3. The monoisotopic (exact) mass is 714 g/mol. The number of fused-ring (bicyclic) bond motifs is 6. The van der Waals surface area contributed by atoms with Gasteiger partial charge in [0.15, 0.2) is 5.82 Å². The lowest BCUT2D eigenvalue weighted by Gasteiger charge is -2.34. The molecule has 0 spiro atoms. The van der Waals surface area contributed by atoms with Gasteiger partial charge in [-0.3, -0.25) is 0 Å². The van der Waals surface area contributed by atoms with E-state index in [2.05, 4.69) is 176 Å². The molecule has 0 atom stereocenters. The summed E-state index contributed by atoms with van der Waals surface area (Å²) < 4.78 is 6.38. The average molecular weight is 715 g/mol. The van der Waals surface area contributed by atoms with Crippen molar-refractivity contribution in [1.82, 2.24) is 9.97 Å². The van der Waals surface area contributed by atoms with Crippen LogP contribution in [0.2, 0.25) is 0 Å². The summed E-state index contributed by atoms with van der Waals surface area (Å²) in [6, 6.07) is 73.2. The molecular formula is C53H34N2O. The lowest BCUT2D eigenvalue weighted by Crippen LogP contribution is -2.28. The maximum Gasteiger partial charge on any atom is 0.160 e. The molecule has 0 N–H and O–H groups in total. The summed E-state index contributed by atoms with van der Waals surface area (Å²) >= 11 is 0. The van der Waals surface area contributed by atoms with E-state index in [9.17, 15) is 0 Å². The van der Waals surface area contributed by atoms with Gasteiger partial charge in [-0.2, -0.15) is 0 Å². The summed E-state index contributed by atoms with van der Waals surface area (Å²) in [5.41, 5.74) is 15.7. The van der Waals surface area contributed by atoms with Crippen molar-refractivity contribution in [2.75, 3.05) is 0 Å². The molecule has 1 aliphatic carbocycles. The fourth-order valence-corrected chi connectivity index (χ4v) is 8.86. The van der Waals surface area contributed by atoms with Gasteiger partial charge in [-0.1, -0.05) is 188 Å². The number of hydrogen-bond donors (Lipinski definition) is 0. The van der Waals surface area contributed by atoms with Crippen LogP contribution in [0.25, 0.3) is 78.1 Å². The minimum Gasteiger partial charge on any atom is -0.455 e. The Balaban J connectivity index is 1.08. The predicted molar refractivity (Wildman–Crippen MR) is 228 cm³/mol. The van der Waals surface area contributed by atoms with E-state index in [1.54, 1.807) is 0 Å². The molecule has 0 fully saturated rings. The molecule has 0 saturated carbocycles. The van der Waals surface area contributed by atoms with Gasteiger partial charge in [-0.05, 0) is 57.1 Å². The van der Waals surface area contributed by atoms with Gasteiger partial charge in [-0.15, -0.1) is 0 Å². The van der Waals surface area contributed by atoms with E-state index in [1.807, 2.05) is 30.3 Å². The van der Waals surface area contributed by atoms with Crippen molar-refractivity contribution in [1.29, 1.82) is 0 Å². The van der Waals surface area contributed by atoms with Gasteiger partial charge in [0, 0.05) is 33.0 Å². The van der Waals surface area contributed by atoms with E-state index < -0.39 is 5.41 Å². The summed E-state index contributed by atoms with van der Waals surface area (Å²) in [6.45, 7) is 0. The van der Waals surface area contributed by atoms with Crippen LogP contribution in [-0.4, -0.2) is 9.97 Å². The number of aromatic nitrogens is 2. The Bertz CT molecular complexity index is 3020. The van der Waals surface area contributed by atoms with Crippen LogP contribution in [0.3, 0.4) is 0 Å². The molecule has 0 saturated heterocycles. The molecule has 0 aliphatic heterocycles. The number of benzene rings is 8. The average Bonchev–Trinajstić information content (AvgIpc) is 3.81. The zero-order chi connectivity index (χ0) is 37.1. The van der Waals surface area contributed by atoms with Crippen LogP contribution in [0.15, 0.2) is 211 Å². The zero-order valence-electron chi connectivity index (χ0n) is 30.4. The van der Waals surface area contributed by atoms with Crippen molar-refractivity contribution in [2.45, 2.75) is 5.41 Å². The maximum atomic E-state index is 6.38. The molecule has 56 heavy (non-hydrogen) atoms. The molecule has 11 rings (SSSR count). The number of rotatable bonds is 6. The second-order valence-electron chi connectivity index (χ2n) is 14.5. The number of nitrogens with zero attached hydrogens (tertiary/aromatic N) is 2. The van der Waals surface area contributed by atoms with Gasteiger partial charge in [-0.25, -0.2) is 9.97 Å². The summed E-state index contributed by atoms with van der Waals surface area (Å²) in [7, 11) is 0. The van der Waals surface area contributed by atoms with Crippen LogP contribution < -0.4 is 0 Å². The molecule has 0 bridgehead atoms. The third-order valence-corrected chi connectivity index (χ3v) is 11.4. The first-order chi connectivity index (χ1) is 27.8. The van der Waals surface area contributed by atoms with Crippen molar-refractivity contribution < 1.29 is 4.42 Å². The highest BCUT2D eigenvalue weighted by molar-refractivity contribution is 6.09. The van der Waals surface area contributed by atoms with Crippen LogP contribution in [0.1, 0.15) is 22.3 Å². The Morgan fingerprint density at radius 2 is 0.911 bits per heavy atom. The minimum atomic E-state index is -0.499. The first-order valence-corrected chi connectivity index (χ1v) is 19.1. The van der Waals surface area contributed by atoms with Crippen LogP contribution >= 0.6 is 0 Å². The fraction of sp³-hybridized carbons (Fsp3) is 0.0189. The Morgan fingerprint density at radius 1 is 0.357 bits per heavy atom. The zero-order valence-corrected chi connectivity index (χ0v) is 30.4. The molecule has 0 unspecified atom stereocenters. The first kappa shape index (κ1) is 32.1. The molecule has 0 radical (unpaired) electrons. The summed E-state index contributed by atoms with van der Waals surface area (Å²) in [6.07, 6.45) is 0. The fourth-order valence-electron chi connectivity index (χ4n) is 8.86. The van der Waals surface area contributed by atoms with E-state index in [1.165, 1.54) is 33.4 Å². The van der Waals surface area contributed by atoms with Gasteiger partial charge in [0.25, 0.3) is 0 Å². The number of para-hydroxylation sites is 2. The van der Waals surface area contributed by atoms with Gasteiger partial charge < -0.3 is 4.42 Å². The van der Waals surface area contributed by atoms with Gasteiger partial charge in [0.05, 0.1) is 16.8 Å². The molecule has 0 amide bonds. The summed E-state index contributed by atoms with van der Waals surface area (Å²) in [5, 5.41) is 2.25. The van der Waals surface area contributed by atoms with Gasteiger partial charge in [0.1, 0.15) is 11.2 Å². The summed E-state index contributed by atoms with van der Waals surface area (Å²) in [5.74, 6) is 0.690. The molecule has 3 heteroatoms. The Kier molecular flexibility index (Phi) is 7.39. The maximum absolute atomic E-state index is 6.38.